The van der Waals surface area contributed by atoms with Crippen LogP contribution in [0.3, 0.4) is 0 Å². The number of piperazine rings is 1. The van der Waals surface area contributed by atoms with Gasteiger partial charge in [-0.1, -0.05) is 18.2 Å². The summed E-state index contributed by atoms with van der Waals surface area (Å²) in [4.78, 5) is 43.0. The van der Waals surface area contributed by atoms with E-state index in [4.69, 9.17) is 4.74 Å². The largest absolute Gasteiger partial charge is 0.453 e. The Kier molecular flexibility index (Phi) is 6.80. The molecule has 10 nitrogen and oxygen atoms in total. The lowest BCUT2D eigenvalue weighted by Crippen LogP contribution is -2.63. The number of nitrogens with one attached hydrogen (secondary N) is 2. The van der Waals surface area contributed by atoms with E-state index in [1.165, 1.54) is 7.11 Å². The number of hydroxylamine groups is 1. The number of amides is 3. The summed E-state index contributed by atoms with van der Waals surface area (Å²) in [6.45, 7) is 4.37. The van der Waals surface area contributed by atoms with Gasteiger partial charge in [0.05, 0.1) is 19.1 Å². The number of piperidine rings is 1. The molecular formula is C22H31N5O5. The van der Waals surface area contributed by atoms with Gasteiger partial charge >= 0.3 is 6.09 Å². The number of nitrogens with zero attached hydrogens (tertiary/aromatic N) is 3. The van der Waals surface area contributed by atoms with Crippen LogP contribution in [0.25, 0.3) is 0 Å². The summed E-state index contributed by atoms with van der Waals surface area (Å²) in [5, 5.41) is 12.5. The van der Waals surface area contributed by atoms with E-state index in [0.717, 1.165) is 18.8 Å². The highest BCUT2D eigenvalue weighted by Crippen LogP contribution is 2.33. The average Bonchev–Trinajstić information content (AvgIpc) is 2.82. The van der Waals surface area contributed by atoms with Crippen LogP contribution in [-0.4, -0.2) is 91.9 Å². The van der Waals surface area contributed by atoms with Gasteiger partial charge in [0.25, 0.3) is 0 Å². The summed E-state index contributed by atoms with van der Waals surface area (Å²) >= 11 is 0. The number of benzene rings is 1. The average molecular weight is 446 g/mol. The molecule has 0 aromatic heterocycles. The first-order valence-electron chi connectivity index (χ1n) is 11.1. The van der Waals surface area contributed by atoms with Gasteiger partial charge in [0, 0.05) is 45.0 Å². The predicted octanol–water partition coefficient (Wildman–Crippen LogP) is 0.133. The minimum atomic E-state index is -0.668. The van der Waals surface area contributed by atoms with E-state index in [1.807, 2.05) is 18.2 Å². The van der Waals surface area contributed by atoms with E-state index in [-0.39, 0.29) is 23.8 Å². The second-order valence-electron chi connectivity index (χ2n) is 8.75. The summed E-state index contributed by atoms with van der Waals surface area (Å²) < 4.78 is 4.74. The first-order valence-corrected chi connectivity index (χ1v) is 11.1. The molecule has 4 rings (SSSR count). The number of carbonyl (C=O) groups excluding carboxylic acids is 3. The van der Waals surface area contributed by atoms with Crippen LogP contribution in [0.4, 0.5) is 10.5 Å². The van der Waals surface area contributed by atoms with Gasteiger partial charge in [-0.15, -0.1) is 0 Å². The SMILES string of the molecule is COC(=O)N1CC([C@H]2CN[C@H](C(=O)N3CCN(c4ccccc4)CC3)[C@@H](C(=O)NO)C2)C1. The molecule has 1 aromatic carbocycles. The smallest absolute Gasteiger partial charge is 0.409 e. The standard InChI is InChI=1S/C22H31N5O5/c1-32-22(30)27-13-16(14-27)15-11-18(20(28)24-31)19(23-12-15)21(29)26-9-7-25(8-10-26)17-5-3-2-4-6-17/h2-6,15-16,18-19,23,31H,7-14H2,1H3,(H,24,28)/t15-,18+,19+/m1/s1. The van der Waals surface area contributed by atoms with E-state index in [0.29, 0.717) is 39.1 Å². The number of para-hydroxylation sites is 1. The molecule has 3 aliphatic rings. The van der Waals surface area contributed by atoms with Crippen LogP contribution in [0, 0.1) is 17.8 Å². The molecule has 3 amide bonds. The maximum absolute atomic E-state index is 13.3. The fourth-order valence-electron chi connectivity index (χ4n) is 5.04. The Bertz CT molecular complexity index is 823. The number of methoxy groups -OCH3 is 1. The van der Waals surface area contributed by atoms with Crippen LogP contribution in [0.1, 0.15) is 6.42 Å². The third-order valence-corrected chi connectivity index (χ3v) is 6.99. The molecule has 3 aliphatic heterocycles. The number of hydrogen-bond acceptors (Lipinski definition) is 7. The van der Waals surface area contributed by atoms with Gasteiger partial charge in [0.1, 0.15) is 0 Å². The Balaban J connectivity index is 1.35. The lowest BCUT2D eigenvalue weighted by molar-refractivity contribution is -0.145. The molecule has 0 unspecified atom stereocenters. The minimum absolute atomic E-state index is 0.102. The number of anilines is 1. The molecule has 10 heteroatoms. The maximum Gasteiger partial charge on any atom is 0.409 e. The Labute approximate surface area is 187 Å². The molecule has 0 bridgehead atoms. The Morgan fingerprint density at radius 3 is 2.34 bits per heavy atom. The highest BCUT2D eigenvalue weighted by molar-refractivity contribution is 5.90. The number of hydrogen-bond donors (Lipinski definition) is 3. The topological polar surface area (TPSA) is 114 Å². The van der Waals surface area contributed by atoms with Crippen molar-refractivity contribution in [2.45, 2.75) is 12.5 Å². The number of likely N-dealkylation sites (tertiary alicyclic amines) is 1. The van der Waals surface area contributed by atoms with E-state index >= 15 is 0 Å². The van der Waals surface area contributed by atoms with Crippen LogP contribution >= 0.6 is 0 Å². The fourth-order valence-corrected chi connectivity index (χ4v) is 5.04. The van der Waals surface area contributed by atoms with Crippen LogP contribution in [0.15, 0.2) is 30.3 Å². The monoisotopic (exact) mass is 445 g/mol. The first-order chi connectivity index (χ1) is 15.5. The van der Waals surface area contributed by atoms with Crippen molar-refractivity contribution in [2.75, 3.05) is 57.8 Å². The van der Waals surface area contributed by atoms with E-state index in [2.05, 4.69) is 22.3 Å². The lowest BCUT2D eigenvalue weighted by atomic mass is 9.75. The maximum atomic E-state index is 13.3. The van der Waals surface area contributed by atoms with Crippen LogP contribution in [0.2, 0.25) is 0 Å². The molecule has 0 aliphatic carbocycles. The van der Waals surface area contributed by atoms with Crippen LogP contribution < -0.4 is 15.7 Å². The third kappa shape index (κ3) is 4.51. The molecule has 1 aromatic rings. The summed E-state index contributed by atoms with van der Waals surface area (Å²) in [6, 6.07) is 9.43. The molecule has 0 saturated carbocycles. The summed E-state index contributed by atoms with van der Waals surface area (Å²) in [5.74, 6) is -0.939. The highest BCUT2D eigenvalue weighted by Gasteiger charge is 2.46. The number of rotatable bonds is 4. The summed E-state index contributed by atoms with van der Waals surface area (Å²) in [5.41, 5.74) is 2.88. The zero-order chi connectivity index (χ0) is 22.7. The number of carbonyl (C=O) groups is 3. The lowest BCUT2D eigenvalue weighted by Gasteiger charge is -2.47. The van der Waals surface area contributed by atoms with Crippen molar-refractivity contribution in [3.8, 4) is 0 Å². The molecule has 0 radical (unpaired) electrons. The van der Waals surface area contributed by atoms with Gasteiger partial charge in [-0.2, -0.15) is 0 Å². The Hall–Kier alpha value is -2.85. The van der Waals surface area contributed by atoms with Gasteiger partial charge in [0.2, 0.25) is 11.8 Å². The van der Waals surface area contributed by atoms with E-state index in [1.54, 1.807) is 15.3 Å². The molecule has 3 saturated heterocycles. The molecule has 174 valence electrons. The molecule has 0 spiro atoms. The van der Waals surface area contributed by atoms with Crippen LogP contribution in [-0.2, 0) is 14.3 Å². The van der Waals surface area contributed by atoms with Gasteiger partial charge in [0.15, 0.2) is 0 Å². The predicted molar refractivity (Wildman–Crippen MR) is 116 cm³/mol. The summed E-state index contributed by atoms with van der Waals surface area (Å²) in [7, 11) is 1.36. The summed E-state index contributed by atoms with van der Waals surface area (Å²) in [6.07, 6.45) is 0.136. The first kappa shape index (κ1) is 22.3. The molecular weight excluding hydrogens is 414 g/mol. The van der Waals surface area contributed by atoms with Crippen LogP contribution in [0.5, 0.6) is 0 Å². The van der Waals surface area contributed by atoms with Gasteiger partial charge < -0.3 is 24.8 Å². The van der Waals surface area contributed by atoms with Crippen molar-refractivity contribution < 1.29 is 24.3 Å². The third-order valence-electron chi connectivity index (χ3n) is 6.99. The fraction of sp³-hybridized carbons (Fsp3) is 0.591. The zero-order valence-electron chi connectivity index (χ0n) is 18.3. The Morgan fingerprint density at radius 1 is 1.03 bits per heavy atom. The van der Waals surface area contributed by atoms with Gasteiger partial charge in [-0.3, -0.25) is 14.8 Å². The van der Waals surface area contributed by atoms with Gasteiger partial charge in [-0.25, -0.2) is 10.3 Å². The molecule has 32 heavy (non-hydrogen) atoms. The normalized spacial score (nSPS) is 26.3. The van der Waals surface area contributed by atoms with Crippen molar-refractivity contribution in [3.63, 3.8) is 0 Å². The minimum Gasteiger partial charge on any atom is -0.453 e. The van der Waals surface area contributed by atoms with Gasteiger partial charge in [-0.05, 0) is 36.9 Å². The highest BCUT2D eigenvalue weighted by atomic mass is 16.5. The van der Waals surface area contributed by atoms with Crippen molar-refractivity contribution in [2.24, 2.45) is 17.8 Å². The van der Waals surface area contributed by atoms with E-state index < -0.39 is 17.9 Å². The van der Waals surface area contributed by atoms with Crippen molar-refractivity contribution in [1.29, 1.82) is 0 Å². The quantitative estimate of drug-likeness (QED) is 0.446. The van der Waals surface area contributed by atoms with Crippen molar-refractivity contribution in [1.82, 2.24) is 20.6 Å². The number of ether oxygens (including phenoxy) is 1. The van der Waals surface area contributed by atoms with Crippen molar-refractivity contribution >= 4 is 23.6 Å². The second kappa shape index (κ2) is 9.74. The van der Waals surface area contributed by atoms with Crippen molar-refractivity contribution in [3.05, 3.63) is 30.3 Å². The molecule has 3 atom stereocenters. The second-order valence-corrected chi connectivity index (χ2v) is 8.75. The molecule has 3 fully saturated rings. The molecule has 3 N–H and O–H groups in total. The molecule has 3 heterocycles. The van der Waals surface area contributed by atoms with E-state index in [9.17, 15) is 19.6 Å². The zero-order valence-corrected chi connectivity index (χ0v) is 18.3. The Morgan fingerprint density at radius 2 is 1.72 bits per heavy atom.